The summed E-state index contributed by atoms with van der Waals surface area (Å²) in [5.41, 5.74) is -10.5. The Balaban J connectivity index is 0.000000244. The van der Waals surface area contributed by atoms with E-state index < -0.39 is 144 Å². The molecule has 8 rings (SSSR count). The molecule has 1 nitrogen and oxygen atoms in total. The van der Waals surface area contributed by atoms with E-state index in [-0.39, 0.29) is 5.82 Å². The number of para-hydroxylation sites is 1. The minimum atomic E-state index is -7.22. The molecule has 0 aliphatic carbocycles. The van der Waals surface area contributed by atoms with Crippen molar-refractivity contribution in [1.82, 2.24) is 0 Å². The highest BCUT2D eigenvalue weighted by molar-refractivity contribution is 7.20. The molecule has 0 atom stereocenters. The summed E-state index contributed by atoms with van der Waals surface area (Å²) in [6, 6.07) is 29.5. The van der Waals surface area contributed by atoms with E-state index in [0.29, 0.717) is 12.1 Å². The van der Waals surface area contributed by atoms with Gasteiger partial charge in [0.2, 0.25) is 11.2 Å². The van der Waals surface area contributed by atoms with Crippen molar-refractivity contribution in [3.05, 3.63) is 219 Å². The van der Waals surface area contributed by atoms with Gasteiger partial charge in [0.05, 0.1) is 5.56 Å². The van der Waals surface area contributed by atoms with Gasteiger partial charge in [0, 0.05) is 23.1 Å². The number of aromatic nitrogens is 1. The molecule has 0 N–H and O–H groups in total. The number of fused-ring (bicyclic) bond motifs is 1. The minimum Gasteiger partial charge on any atom is -0.207 e. The molecule has 0 saturated heterocycles. The molecule has 0 aliphatic rings. The maximum Gasteiger partial charge on any atom is 0.216 e. The van der Waals surface area contributed by atoms with Crippen LogP contribution in [0.1, 0.15) is 5.56 Å². The molecular weight excluding hydrogens is 976 g/mol. The maximum atomic E-state index is 15.4. The zero-order valence-electron chi connectivity index (χ0n) is 33.3. The number of hydrogen-bond donors (Lipinski definition) is 0. The predicted octanol–water partition coefficient (Wildman–Crippen LogP) is 10.8. The minimum absolute atomic E-state index is 0.199. The first-order chi connectivity index (χ1) is 32.5. The molecule has 0 saturated carbocycles. The van der Waals surface area contributed by atoms with Gasteiger partial charge in [-0.15, -0.1) is 21.9 Å². The molecule has 1 aromatic heterocycles. The topological polar surface area (TPSA) is 3.88 Å². The van der Waals surface area contributed by atoms with Crippen LogP contribution in [0.25, 0.3) is 22.2 Å². The molecule has 23 heteroatoms. The standard InChI is InChI=1S/C24BF20.C22H17FN/c26-5-1(6(27)14(35)21(42)13(5)34)25(2-7(28)15(36)22(43)16(37)8(2)29,3-9(30)17(38)23(44)18(39)10(3)31)4-11(32)19(40)24(45)20(41)12(4)33;23-20-12-6-5-11-19(20)22-15-14-18-10-4-7-13-21(18)24(22)16-17-8-2-1-3-9-17/h;1-15H,16H2/q-1;+1. The van der Waals surface area contributed by atoms with Gasteiger partial charge >= 0.3 is 0 Å². The largest absolute Gasteiger partial charge is 0.216 e. The Morgan fingerprint density at radius 2 is 0.594 bits per heavy atom. The average Bonchev–Trinajstić information content (AvgIpc) is 3.34. The first kappa shape index (κ1) is 49.4. The summed E-state index contributed by atoms with van der Waals surface area (Å²) in [6.45, 7) is 0.700. The van der Waals surface area contributed by atoms with Crippen LogP contribution in [0, 0.1) is 122 Å². The highest BCUT2D eigenvalue weighted by Gasteiger charge is 2.52. The molecule has 0 bridgehead atoms. The summed E-state index contributed by atoms with van der Waals surface area (Å²) in [5, 5.41) is 1.15. The van der Waals surface area contributed by atoms with E-state index in [2.05, 4.69) is 34.9 Å². The first-order valence-corrected chi connectivity index (χ1v) is 19.0. The zero-order valence-corrected chi connectivity index (χ0v) is 33.3. The SMILES string of the molecule is Fc1c(F)c(F)c([B-](c2c(F)c(F)c(F)c(F)c2F)(c2c(F)c(F)c(F)c(F)c2F)c2c(F)c(F)c(F)c(F)c2F)c(F)c1F.Fc1ccccc1-c1ccc2ccccc2[n+]1Cc1ccccc1. The second-order valence-corrected chi connectivity index (χ2v) is 14.6. The Morgan fingerprint density at radius 1 is 0.290 bits per heavy atom. The molecule has 7 aromatic carbocycles. The van der Waals surface area contributed by atoms with Crippen LogP contribution in [0.2, 0.25) is 0 Å². The van der Waals surface area contributed by atoms with Crippen LogP contribution in [0.15, 0.2) is 91.0 Å². The molecule has 8 aromatic rings. The molecule has 356 valence electrons. The number of nitrogens with zero attached hydrogens (tertiary/aromatic N) is 1. The molecule has 0 radical (unpaired) electrons. The molecule has 0 spiro atoms. The van der Waals surface area contributed by atoms with Crippen molar-refractivity contribution in [2.75, 3.05) is 0 Å². The van der Waals surface area contributed by atoms with Gasteiger partial charge in [0.1, 0.15) is 58.5 Å². The number of halogens is 21. The molecular formula is C46H17BF21N. The van der Waals surface area contributed by atoms with Crippen LogP contribution >= 0.6 is 0 Å². The second-order valence-electron chi connectivity index (χ2n) is 14.6. The first-order valence-electron chi connectivity index (χ1n) is 19.0. The summed E-state index contributed by atoms with van der Waals surface area (Å²) in [7, 11) is 0. The third-order valence-electron chi connectivity index (χ3n) is 11.0. The molecule has 0 aliphatic heterocycles. The summed E-state index contributed by atoms with van der Waals surface area (Å²) >= 11 is 0. The Hall–Kier alpha value is -7.46. The molecule has 0 unspecified atom stereocenters. The summed E-state index contributed by atoms with van der Waals surface area (Å²) in [4.78, 5) is 0. The number of benzene rings is 7. The fraction of sp³-hybridized carbons (Fsp3) is 0.0217. The zero-order chi connectivity index (χ0) is 50.7. The fourth-order valence-corrected chi connectivity index (χ4v) is 7.98. The summed E-state index contributed by atoms with van der Waals surface area (Å²) in [5.74, 6) is -71.6. The lowest BCUT2D eigenvalue weighted by Gasteiger charge is -2.44. The van der Waals surface area contributed by atoms with E-state index >= 15 is 35.1 Å². The van der Waals surface area contributed by atoms with Gasteiger partial charge in [-0.3, -0.25) is 0 Å². The Morgan fingerprint density at radius 3 is 0.957 bits per heavy atom. The van der Waals surface area contributed by atoms with Crippen LogP contribution in [0.3, 0.4) is 0 Å². The fourth-order valence-electron chi connectivity index (χ4n) is 7.98. The van der Waals surface area contributed by atoms with E-state index in [9.17, 15) is 57.1 Å². The maximum absolute atomic E-state index is 15.4. The average molecular weight is 993 g/mol. The van der Waals surface area contributed by atoms with Crippen LogP contribution in [-0.4, -0.2) is 6.15 Å². The molecule has 0 fully saturated rings. The van der Waals surface area contributed by atoms with E-state index in [1.165, 1.54) is 11.6 Å². The Kier molecular flexibility index (Phi) is 13.3. The third kappa shape index (κ3) is 7.76. The smallest absolute Gasteiger partial charge is 0.207 e. The highest BCUT2D eigenvalue weighted by Crippen LogP contribution is 2.31. The van der Waals surface area contributed by atoms with Gasteiger partial charge in [-0.05, 0) is 24.3 Å². The van der Waals surface area contributed by atoms with Crippen molar-refractivity contribution in [2.24, 2.45) is 0 Å². The number of pyridine rings is 1. The predicted molar refractivity (Wildman–Crippen MR) is 204 cm³/mol. The van der Waals surface area contributed by atoms with Crippen molar-refractivity contribution >= 4 is 38.9 Å². The highest BCUT2D eigenvalue weighted by atomic mass is 19.2. The van der Waals surface area contributed by atoms with E-state index in [0.717, 1.165) is 16.6 Å². The van der Waals surface area contributed by atoms with Crippen molar-refractivity contribution in [3.8, 4) is 11.3 Å². The summed E-state index contributed by atoms with van der Waals surface area (Å²) < 4.78 is 311. The molecule has 1 heterocycles. The quantitative estimate of drug-likeness (QED) is 0.0493. The van der Waals surface area contributed by atoms with Crippen molar-refractivity contribution < 1.29 is 96.8 Å². The molecule has 69 heavy (non-hydrogen) atoms. The van der Waals surface area contributed by atoms with Crippen LogP contribution in [0.4, 0.5) is 92.2 Å². The van der Waals surface area contributed by atoms with Crippen molar-refractivity contribution in [2.45, 2.75) is 6.54 Å². The van der Waals surface area contributed by atoms with Gasteiger partial charge in [-0.25, -0.2) is 92.2 Å². The van der Waals surface area contributed by atoms with Gasteiger partial charge in [-0.2, -0.15) is 4.57 Å². The third-order valence-corrected chi connectivity index (χ3v) is 11.0. The lowest BCUT2D eigenvalue weighted by atomic mass is 9.12. The number of hydrogen-bond acceptors (Lipinski definition) is 0. The summed E-state index contributed by atoms with van der Waals surface area (Å²) in [6.07, 6.45) is -7.22. The molecule has 0 amide bonds. The normalized spacial score (nSPS) is 11.6. The number of rotatable bonds is 7. The van der Waals surface area contributed by atoms with Crippen molar-refractivity contribution in [3.63, 3.8) is 0 Å². The van der Waals surface area contributed by atoms with Gasteiger partial charge in [0.25, 0.3) is 0 Å². The Labute approximate surface area is 371 Å². The van der Waals surface area contributed by atoms with Gasteiger partial charge in [-0.1, -0.05) is 54.6 Å². The lowest BCUT2D eigenvalue weighted by molar-refractivity contribution is -0.651. The van der Waals surface area contributed by atoms with Crippen LogP contribution in [-0.2, 0) is 6.54 Å². The Bertz CT molecular complexity index is 3000. The van der Waals surface area contributed by atoms with Crippen molar-refractivity contribution in [1.29, 1.82) is 0 Å². The van der Waals surface area contributed by atoms with E-state index in [1.54, 1.807) is 6.07 Å². The van der Waals surface area contributed by atoms with E-state index in [4.69, 9.17) is 0 Å². The second kappa shape index (κ2) is 18.6. The van der Waals surface area contributed by atoms with Gasteiger partial charge in [0.15, 0.2) is 76.4 Å². The monoisotopic (exact) mass is 993 g/mol. The van der Waals surface area contributed by atoms with Gasteiger partial charge < -0.3 is 0 Å². The lowest BCUT2D eigenvalue weighted by Crippen LogP contribution is -2.81. The van der Waals surface area contributed by atoms with Crippen LogP contribution < -0.4 is 26.4 Å². The van der Waals surface area contributed by atoms with E-state index in [1.807, 2.05) is 48.5 Å². The van der Waals surface area contributed by atoms with Crippen LogP contribution in [0.5, 0.6) is 0 Å².